The lowest BCUT2D eigenvalue weighted by Gasteiger charge is -2.29. The van der Waals surface area contributed by atoms with Gasteiger partial charge in [-0.05, 0) is 80.1 Å². The van der Waals surface area contributed by atoms with Crippen LogP contribution < -0.4 is 30.2 Å². The van der Waals surface area contributed by atoms with Crippen LogP contribution in [0, 0.1) is 12.8 Å². The second kappa shape index (κ2) is 15.7. The Labute approximate surface area is 298 Å². The van der Waals surface area contributed by atoms with Gasteiger partial charge in [0.25, 0.3) is 5.91 Å². The van der Waals surface area contributed by atoms with Gasteiger partial charge in [-0.3, -0.25) is 14.5 Å². The minimum absolute atomic E-state index is 0.122. The second-order valence-electron chi connectivity index (χ2n) is 13.5. The maximum Gasteiger partial charge on any atom is 0.328 e. The third-order valence-corrected chi connectivity index (χ3v) is 9.56. The van der Waals surface area contributed by atoms with Gasteiger partial charge in [-0.15, -0.1) is 0 Å². The van der Waals surface area contributed by atoms with E-state index in [0.29, 0.717) is 52.1 Å². The highest BCUT2D eigenvalue weighted by Crippen LogP contribution is 2.39. The summed E-state index contributed by atoms with van der Waals surface area (Å²) in [6.45, 7) is 5.70. The van der Waals surface area contributed by atoms with Gasteiger partial charge in [-0.2, -0.15) is 0 Å². The quantitative estimate of drug-likeness (QED) is 0.128. The molecular weight excluding hydrogens is 654 g/mol. The molecular formula is C38H47N5O8. The number of amides is 5. The molecule has 2 fully saturated rings. The van der Waals surface area contributed by atoms with Crippen LogP contribution in [0.1, 0.15) is 62.3 Å². The molecule has 0 unspecified atom stereocenters. The fraction of sp³-hybridized carbons (Fsp3) is 0.421. The zero-order chi connectivity index (χ0) is 36.9. The summed E-state index contributed by atoms with van der Waals surface area (Å²) in [7, 11) is 4.53. The molecule has 1 aliphatic carbocycles. The number of hydrogen-bond acceptors (Lipinski definition) is 8. The van der Waals surface area contributed by atoms with Crippen LogP contribution >= 0.6 is 0 Å². The van der Waals surface area contributed by atoms with Crippen molar-refractivity contribution in [1.82, 2.24) is 15.1 Å². The average molecular weight is 702 g/mol. The molecule has 0 aromatic heterocycles. The summed E-state index contributed by atoms with van der Waals surface area (Å²) in [5.74, 6) is 0.445. The van der Waals surface area contributed by atoms with Crippen molar-refractivity contribution >= 4 is 35.3 Å². The Morgan fingerprint density at radius 1 is 0.902 bits per heavy atom. The van der Waals surface area contributed by atoms with Crippen LogP contribution in [0.3, 0.4) is 0 Å². The average Bonchev–Trinajstić information content (AvgIpc) is 3.91. The van der Waals surface area contributed by atoms with Crippen molar-refractivity contribution in [3.63, 3.8) is 0 Å². The van der Waals surface area contributed by atoms with Gasteiger partial charge in [0.05, 0.1) is 39.5 Å². The number of nitrogens with zero attached hydrogens (tertiary/aromatic N) is 2. The molecule has 13 heteroatoms. The Bertz CT molecular complexity index is 1770. The van der Waals surface area contributed by atoms with Crippen molar-refractivity contribution in [3.8, 4) is 17.2 Å². The van der Waals surface area contributed by atoms with Crippen molar-refractivity contribution in [2.75, 3.05) is 38.5 Å². The van der Waals surface area contributed by atoms with Gasteiger partial charge in [-0.1, -0.05) is 43.2 Å². The topological polar surface area (TPSA) is 159 Å². The molecule has 0 bridgehead atoms. The molecule has 13 nitrogen and oxygen atoms in total. The number of methoxy groups -OCH3 is 3. The van der Waals surface area contributed by atoms with E-state index in [1.54, 1.807) is 55.1 Å². The van der Waals surface area contributed by atoms with Gasteiger partial charge in [0.1, 0.15) is 11.3 Å². The third kappa shape index (κ3) is 8.54. The van der Waals surface area contributed by atoms with Gasteiger partial charge < -0.3 is 40.2 Å². The summed E-state index contributed by atoms with van der Waals surface area (Å²) >= 11 is 0. The van der Waals surface area contributed by atoms with E-state index in [4.69, 9.17) is 14.2 Å². The molecule has 1 heterocycles. The summed E-state index contributed by atoms with van der Waals surface area (Å²) < 4.78 is 16.4. The van der Waals surface area contributed by atoms with E-state index in [0.717, 1.165) is 18.4 Å². The second-order valence-corrected chi connectivity index (χ2v) is 13.5. The number of imide groups is 1. The fourth-order valence-corrected chi connectivity index (χ4v) is 6.41. The largest absolute Gasteiger partial charge is 0.495 e. The Morgan fingerprint density at radius 2 is 1.59 bits per heavy atom. The van der Waals surface area contributed by atoms with Crippen molar-refractivity contribution in [2.24, 2.45) is 5.92 Å². The summed E-state index contributed by atoms with van der Waals surface area (Å²) in [5, 5.41) is 18.8. The number of para-hydroxylation sites is 1. The highest BCUT2D eigenvalue weighted by atomic mass is 16.5. The first kappa shape index (κ1) is 37.0. The summed E-state index contributed by atoms with van der Waals surface area (Å²) in [4.78, 5) is 55.8. The van der Waals surface area contributed by atoms with Crippen LogP contribution in [0.5, 0.6) is 17.2 Å². The van der Waals surface area contributed by atoms with Crippen molar-refractivity contribution in [1.29, 1.82) is 0 Å². The van der Waals surface area contributed by atoms with Gasteiger partial charge in [0.2, 0.25) is 0 Å². The molecule has 3 aromatic rings. The van der Waals surface area contributed by atoms with E-state index < -0.39 is 35.7 Å². The highest BCUT2D eigenvalue weighted by Gasteiger charge is 2.53. The summed E-state index contributed by atoms with van der Waals surface area (Å²) in [6, 6.07) is 15.9. The summed E-state index contributed by atoms with van der Waals surface area (Å²) in [5.41, 5.74) is 2.28. The van der Waals surface area contributed by atoms with Crippen LogP contribution in [0.4, 0.5) is 21.0 Å². The minimum Gasteiger partial charge on any atom is -0.495 e. The molecule has 2 atom stereocenters. The lowest BCUT2D eigenvalue weighted by molar-refractivity contribution is -0.138. The molecule has 51 heavy (non-hydrogen) atoms. The van der Waals surface area contributed by atoms with E-state index in [2.05, 4.69) is 16.0 Å². The first-order chi connectivity index (χ1) is 24.4. The Kier molecular flexibility index (Phi) is 11.4. The SMILES string of the molecule is COc1cc(CN2C(=O)N([C@@H](CN[C@@H](CC(=O)O)c3ccc(OC)c(OC)c3)CC3CC3)C(=O)C2(C)C)ccc1NC(=O)Nc1ccccc1C. The molecule has 1 aliphatic heterocycles. The Morgan fingerprint density at radius 3 is 2.24 bits per heavy atom. The molecule has 0 spiro atoms. The molecule has 1 saturated heterocycles. The number of hydrogen-bond donors (Lipinski definition) is 4. The van der Waals surface area contributed by atoms with Crippen molar-refractivity contribution < 1.29 is 38.5 Å². The number of nitrogens with one attached hydrogen (secondary N) is 3. The van der Waals surface area contributed by atoms with Gasteiger partial charge in [0, 0.05) is 24.8 Å². The number of ether oxygens (including phenoxy) is 3. The number of carboxylic acids is 1. The van der Waals surface area contributed by atoms with Crippen LogP contribution in [0.2, 0.25) is 0 Å². The number of benzene rings is 3. The lowest BCUT2D eigenvalue weighted by Crippen LogP contribution is -2.48. The van der Waals surface area contributed by atoms with Gasteiger partial charge in [0.15, 0.2) is 11.5 Å². The van der Waals surface area contributed by atoms with Crippen LogP contribution in [-0.4, -0.2) is 78.3 Å². The molecule has 0 radical (unpaired) electrons. The molecule has 5 amide bonds. The van der Waals surface area contributed by atoms with E-state index in [9.17, 15) is 24.3 Å². The Balaban J connectivity index is 1.33. The number of carbonyl (C=O) groups excluding carboxylic acids is 3. The molecule has 272 valence electrons. The highest BCUT2D eigenvalue weighted by molar-refractivity contribution is 6.07. The molecule has 5 rings (SSSR count). The normalized spacial score (nSPS) is 16.4. The van der Waals surface area contributed by atoms with Crippen molar-refractivity contribution in [2.45, 2.75) is 70.6 Å². The van der Waals surface area contributed by atoms with E-state index in [-0.39, 0.29) is 25.4 Å². The van der Waals surface area contributed by atoms with Crippen LogP contribution in [0.15, 0.2) is 60.7 Å². The standard InChI is InChI=1S/C38H47N5O8/c1-23-9-7-8-10-28(23)40-36(47)41-29-15-13-25(18-32(29)50-5)22-42-37(48)43(35(46)38(42,2)3)27(17-24-11-12-24)21-39-30(20-34(44)45)26-14-16-31(49-4)33(19-26)51-6/h7-10,13-16,18-19,24,27,30,39H,11-12,17,20-22H2,1-6H3,(H,44,45)(H2,40,41,47)/t27-,30+/m1/s1. The molecule has 2 aliphatic rings. The summed E-state index contributed by atoms with van der Waals surface area (Å²) in [6.07, 6.45) is 2.42. The molecule has 3 aromatic carbocycles. The number of carbonyl (C=O) groups is 4. The smallest absolute Gasteiger partial charge is 0.328 e. The first-order valence-electron chi connectivity index (χ1n) is 17.0. The first-order valence-corrected chi connectivity index (χ1v) is 17.0. The maximum atomic E-state index is 14.2. The number of rotatable bonds is 16. The van der Waals surface area contributed by atoms with Crippen molar-refractivity contribution in [3.05, 3.63) is 77.4 Å². The van der Waals surface area contributed by atoms with E-state index in [1.165, 1.54) is 26.2 Å². The van der Waals surface area contributed by atoms with Crippen LogP contribution in [-0.2, 0) is 16.1 Å². The monoisotopic (exact) mass is 701 g/mol. The zero-order valence-electron chi connectivity index (χ0n) is 29.9. The predicted molar refractivity (Wildman–Crippen MR) is 192 cm³/mol. The van der Waals surface area contributed by atoms with Gasteiger partial charge >= 0.3 is 18.0 Å². The molecule has 1 saturated carbocycles. The zero-order valence-corrected chi connectivity index (χ0v) is 29.9. The van der Waals surface area contributed by atoms with E-state index >= 15 is 0 Å². The minimum atomic E-state index is -1.15. The molecule has 4 N–H and O–H groups in total. The number of aliphatic carboxylic acids is 1. The number of urea groups is 2. The predicted octanol–water partition coefficient (Wildman–Crippen LogP) is 6.18. The Hall–Kier alpha value is -5.30. The van der Waals surface area contributed by atoms with Gasteiger partial charge in [-0.25, -0.2) is 9.59 Å². The number of aryl methyl sites for hydroxylation is 1. The third-order valence-electron chi connectivity index (χ3n) is 9.56. The number of anilines is 2. The van der Waals surface area contributed by atoms with E-state index in [1.807, 2.05) is 31.2 Å². The number of carboxylic acid groups (broad SMARTS) is 1. The van der Waals surface area contributed by atoms with Crippen LogP contribution in [0.25, 0.3) is 0 Å². The maximum absolute atomic E-state index is 14.2. The lowest BCUT2D eigenvalue weighted by atomic mass is 10.00. The fourth-order valence-electron chi connectivity index (χ4n) is 6.41.